The van der Waals surface area contributed by atoms with E-state index in [1.807, 2.05) is 0 Å². The summed E-state index contributed by atoms with van der Waals surface area (Å²) in [6.07, 6.45) is 1.41. The monoisotopic (exact) mass is 235 g/mol. The molecule has 0 radical (unpaired) electrons. The third kappa shape index (κ3) is 2.08. The highest BCUT2D eigenvalue weighted by molar-refractivity contribution is 5.92. The number of aromatic carboxylic acids is 1. The third-order valence-corrected chi connectivity index (χ3v) is 2.31. The van der Waals surface area contributed by atoms with E-state index in [1.165, 1.54) is 28.5 Å². The fraction of sp³-hybridized carbons (Fsp3) is 0.100. The van der Waals surface area contributed by atoms with Gasteiger partial charge in [-0.05, 0) is 18.2 Å². The second-order valence-corrected chi connectivity index (χ2v) is 3.42. The number of carboxylic acid groups (broad SMARTS) is 1. The van der Waals surface area contributed by atoms with Crippen LogP contribution in [0.5, 0.6) is 0 Å². The molecule has 1 heterocycles. The van der Waals surface area contributed by atoms with Gasteiger partial charge >= 0.3 is 5.97 Å². The second kappa shape index (κ2) is 4.22. The predicted molar refractivity (Wildman–Crippen MR) is 56.6 cm³/mol. The zero-order valence-corrected chi connectivity index (χ0v) is 8.62. The minimum atomic E-state index is -1.05. The Morgan fingerprint density at radius 2 is 2.18 bits per heavy atom. The topological polar surface area (TPSA) is 104 Å². The summed E-state index contributed by atoms with van der Waals surface area (Å²) in [4.78, 5) is 25.8. The number of carboxylic acids is 1. The van der Waals surface area contributed by atoms with Crippen LogP contribution in [0.2, 0.25) is 0 Å². The molecule has 0 atom stereocenters. The van der Waals surface area contributed by atoms with Crippen molar-refractivity contribution >= 4 is 22.9 Å². The lowest BCUT2D eigenvalue weighted by molar-refractivity contribution is -0.129. The second-order valence-electron chi connectivity index (χ2n) is 3.42. The number of carbonyl (C=O) groups is 2. The zero-order chi connectivity index (χ0) is 12.4. The lowest BCUT2D eigenvalue weighted by atomic mass is 10.2. The number of nitrogens with one attached hydrogen (secondary N) is 1. The summed E-state index contributed by atoms with van der Waals surface area (Å²) in [5, 5.41) is 17.3. The van der Waals surface area contributed by atoms with Crippen molar-refractivity contribution in [2.24, 2.45) is 0 Å². The number of amides is 1. The Bertz CT molecular complexity index is 590. The molecule has 3 N–H and O–H groups in total. The number of imidazole rings is 1. The summed E-state index contributed by atoms with van der Waals surface area (Å²) in [5.41, 5.74) is 2.72. The summed E-state index contributed by atoms with van der Waals surface area (Å²) in [6.45, 7) is -0.129. The zero-order valence-electron chi connectivity index (χ0n) is 8.62. The van der Waals surface area contributed by atoms with E-state index in [9.17, 15) is 9.59 Å². The summed E-state index contributed by atoms with van der Waals surface area (Å²) < 4.78 is 1.45. The van der Waals surface area contributed by atoms with E-state index in [-0.39, 0.29) is 12.1 Å². The Morgan fingerprint density at radius 3 is 2.82 bits per heavy atom. The molecule has 0 aliphatic carbocycles. The van der Waals surface area contributed by atoms with Gasteiger partial charge in [-0.1, -0.05) is 0 Å². The number of hydrogen-bond donors (Lipinski definition) is 3. The number of hydrogen-bond acceptors (Lipinski definition) is 4. The van der Waals surface area contributed by atoms with Gasteiger partial charge in [0.1, 0.15) is 6.54 Å². The first kappa shape index (κ1) is 11.1. The van der Waals surface area contributed by atoms with Crippen LogP contribution >= 0.6 is 0 Å². The van der Waals surface area contributed by atoms with Crippen molar-refractivity contribution in [3.8, 4) is 0 Å². The van der Waals surface area contributed by atoms with Crippen molar-refractivity contribution in [2.45, 2.75) is 6.54 Å². The molecule has 0 aliphatic heterocycles. The Labute approximate surface area is 95.3 Å². The van der Waals surface area contributed by atoms with Crippen molar-refractivity contribution in [3.05, 3.63) is 30.1 Å². The molecule has 2 aromatic rings. The van der Waals surface area contributed by atoms with E-state index >= 15 is 0 Å². The minimum Gasteiger partial charge on any atom is -0.478 e. The van der Waals surface area contributed by atoms with Crippen LogP contribution in [0.25, 0.3) is 11.0 Å². The van der Waals surface area contributed by atoms with Gasteiger partial charge in [-0.3, -0.25) is 10.0 Å². The van der Waals surface area contributed by atoms with Gasteiger partial charge in [-0.2, -0.15) is 0 Å². The first-order chi connectivity index (χ1) is 8.11. The molecule has 17 heavy (non-hydrogen) atoms. The fourth-order valence-corrected chi connectivity index (χ4v) is 1.51. The maximum atomic E-state index is 11.0. The van der Waals surface area contributed by atoms with Gasteiger partial charge in [0, 0.05) is 0 Å². The van der Waals surface area contributed by atoms with E-state index in [0.717, 1.165) is 0 Å². The van der Waals surface area contributed by atoms with Crippen molar-refractivity contribution in [1.82, 2.24) is 15.0 Å². The van der Waals surface area contributed by atoms with Crippen LogP contribution in [-0.4, -0.2) is 31.7 Å². The number of carbonyl (C=O) groups excluding carboxylic acids is 1. The Balaban J connectivity index is 2.46. The molecule has 2 rings (SSSR count). The molecule has 0 saturated heterocycles. The van der Waals surface area contributed by atoms with Gasteiger partial charge in [-0.25, -0.2) is 15.3 Å². The molecule has 0 aliphatic rings. The molecule has 88 valence electrons. The molecule has 7 nitrogen and oxygen atoms in total. The van der Waals surface area contributed by atoms with Gasteiger partial charge in [0.15, 0.2) is 0 Å². The maximum Gasteiger partial charge on any atom is 0.335 e. The molecule has 0 saturated carbocycles. The fourth-order valence-electron chi connectivity index (χ4n) is 1.51. The Hall–Kier alpha value is -2.41. The predicted octanol–water partition coefficient (Wildman–Crippen LogP) is 0.240. The molecule has 1 amide bonds. The van der Waals surface area contributed by atoms with Crippen LogP contribution < -0.4 is 5.48 Å². The van der Waals surface area contributed by atoms with E-state index in [2.05, 4.69) is 4.98 Å². The number of fused-ring (bicyclic) bond motifs is 1. The average molecular weight is 235 g/mol. The molecular formula is C10H9N3O4. The average Bonchev–Trinajstić information content (AvgIpc) is 2.71. The van der Waals surface area contributed by atoms with E-state index < -0.39 is 11.9 Å². The van der Waals surface area contributed by atoms with Crippen molar-refractivity contribution in [1.29, 1.82) is 0 Å². The van der Waals surface area contributed by atoms with E-state index in [4.69, 9.17) is 10.3 Å². The highest BCUT2D eigenvalue weighted by Crippen LogP contribution is 2.15. The molecule has 7 heteroatoms. The third-order valence-electron chi connectivity index (χ3n) is 2.31. The SMILES string of the molecule is O=C(Cn1cnc2ccc(C(=O)O)cc21)NO. The molecule has 1 aromatic carbocycles. The van der Waals surface area contributed by atoms with Gasteiger partial charge in [-0.15, -0.1) is 0 Å². The van der Waals surface area contributed by atoms with Crippen molar-refractivity contribution in [3.63, 3.8) is 0 Å². The first-order valence-corrected chi connectivity index (χ1v) is 4.73. The first-order valence-electron chi connectivity index (χ1n) is 4.73. The summed E-state index contributed by atoms with van der Waals surface area (Å²) in [7, 11) is 0. The number of benzene rings is 1. The summed E-state index contributed by atoms with van der Waals surface area (Å²) >= 11 is 0. The standard InChI is InChI=1S/C10H9N3O4/c14-9(12-17)4-13-5-11-7-2-1-6(10(15)16)3-8(7)13/h1-3,5,17H,4H2,(H,12,14)(H,15,16). The van der Waals surface area contributed by atoms with Crippen molar-refractivity contribution < 1.29 is 19.9 Å². The van der Waals surface area contributed by atoms with E-state index in [0.29, 0.717) is 11.0 Å². The molecule has 0 fully saturated rings. The van der Waals surface area contributed by atoms with Gasteiger partial charge < -0.3 is 9.67 Å². The number of hydroxylamine groups is 1. The van der Waals surface area contributed by atoms with Crippen LogP contribution in [0.3, 0.4) is 0 Å². The van der Waals surface area contributed by atoms with Crippen LogP contribution in [0.1, 0.15) is 10.4 Å². The number of rotatable bonds is 3. The largest absolute Gasteiger partial charge is 0.478 e. The van der Waals surface area contributed by atoms with Crippen molar-refractivity contribution in [2.75, 3.05) is 0 Å². The van der Waals surface area contributed by atoms with Gasteiger partial charge in [0.2, 0.25) is 0 Å². The van der Waals surface area contributed by atoms with Crippen LogP contribution in [-0.2, 0) is 11.3 Å². The minimum absolute atomic E-state index is 0.114. The normalized spacial score (nSPS) is 10.4. The smallest absolute Gasteiger partial charge is 0.335 e. The van der Waals surface area contributed by atoms with Crippen LogP contribution in [0.15, 0.2) is 24.5 Å². The van der Waals surface area contributed by atoms with Crippen LogP contribution in [0.4, 0.5) is 0 Å². The number of aromatic nitrogens is 2. The molecule has 0 spiro atoms. The molecular weight excluding hydrogens is 226 g/mol. The summed E-state index contributed by atoms with van der Waals surface area (Å²) in [5.74, 6) is -1.66. The molecule has 1 aromatic heterocycles. The summed E-state index contributed by atoms with van der Waals surface area (Å²) in [6, 6.07) is 4.43. The highest BCUT2D eigenvalue weighted by atomic mass is 16.5. The molecule has 0 bridgehead atoms. The lowest BCUT2D eigenvalue weighted by Gasteiger charge is -2.02. The lowest BCUT2D eigenvalue weighted by Crippen LogP contribution is -2.23. The quantitative estimate of drug-likeness (QED) is 0.522. The Kier molecular flexibility index (Phi) is 2.75. The Morgan fingerprint density at radius 1 is 1.41 bits per heavy atom. The van der Waals surface area contributed by atoms with E-state index in [1.54, 1.807) is 6.07 Å². The maximum absolute atomic E-state index is 11.0. The molecule has 0 unspecified atom stereocenters. The number of nitrogens with zero attached hydrogens (tertiary/aromatic N) is 2. The highest BCUT2D eigenvalue weighted by Gasteiger charge is 2.09. The van der Waals surface area contributed by atoms with Crippen LogP contribution in [0, 0.1) is 0 Å². The van der Waals surface area contributed by atoms with Gasteiger partial charge in [0.05, 0.1) is 22.9 Å². The van der Waals surface area contributed by atoms with Gasteiger partial charge in [0.25, 0.3) is 5.91 Å².